The lowest BCUT2D eigenvalue weighted by molar-refractivity contribution is -0.151. The molecule has 1 atom stereocenters. The van der Waals surface area contributed by atoms with E-state index in [9.17, 15) is 4.79 Å². The molecular formula is C12H25NO4. The molecule has 0 aromatic rings. The zero-order valence-corrected chi connectivity index (χ0v) is 11.3. The van der Waals surface area contributed by atoms with Gasteiger partial charge < -0.3 is 19.9 Å². The summed E-state index contributed by atoms with van der Waals surface area (Å²) in [4.78, 5) is 11.4. The topological polar surface area (TPSA) is 70.8 Å². The van der Waals surface area contributed by atoms with Crippen LogP contribution >= 0.6 is 0 Å². The van der Waals surface area contributed by atoms with Gasteiger partial charge in [0.05, 0.1) is 26.4 Å². The van der Waals surface area contributed by atoms with Crippen molar-refractivity contribution in [3.63, 3.8) is 0 Å². The number of hydrogen-bond acceptors (Lipinski definition) is 5. The molecule has 0 aliphatic heterocycles. The van der Waals surface area contributed by atoms with Gasteiger partial charge in [0.25, 0.3) is 0 Å². The lowest BCUT2D eigenvalue weighted by Gasteiger charge is -2.21. The lowest BCUT2D eigenvalue weighted by atomic mass is 10.1. The van der Waals surface area contributed by atoms with Crippen LogP contribution in [0.3, 0.4) is 0 Å². The van der Waals surface area contributed by atoms with Gasteiger partial charge >= 0.3 is 5.97 Å². The van der Waals surface area contributed by atoms with E-state index in [-0.39, 0.29) is 6.61 Å². The largest absolute Gasteiger partial charge is 0.465 e. The van der Waals surface area contributed by atoms with E-state index >= 15 is 0 Å². The average Bonchev–Trinajstić information content (AvgIpc) is 2.23. The molecule has 5 heteroatoms. The number of carbonyl (C=O) groups is 1. The minimum Gasteiger partial charge on any atom is -0.465 e. The van der Waals surface area contributed by atoms with Crippen LogP contribution in [0.1, 0.15) is 27.7 Å². The molecule has 0 aromatic heterocycles. The van der Waals surface area contributed by atoms with Gasteiger partial charge in [0.1, 0.15) is 5.54 Å². The highest BCUT2D eigenvalue weighted by atomic mass is 16.5. The second-order valence-electron chi connectivity index (χ2n) is 4.66. The smallest absolute Gasteiger partial charge is 0.328 e. The van der Waals surface area contributed by atoms with Crippen LogP contribution in [0.5, 0.6) is 0 Å². The molecule has 0 heterocycles. The molecule has 0 aliphatic carbocycles. The van der Waals surface area contributed by atoms with Gasteiger partial charge in [-0.1, -0.05) is 13.8 Å². The second-order valence-corrected chi connectivity index (χ2v) is 4.66. The quantitative estimate of drug-likeness (QED) is 0.485. The maximum atomic E-state index is 11.4. The summed E-state index contributed by atoms with van der Waals surface area (Å²) in [7, 11) is 0. The third-order valence-electron chi connectivity index (χ3n) is 1.97. The highest BCUT2D eigenvalue weighted by molar-refractivity contribution is 5.80. The van der Waals surface area contributed by atoms with Crippen molar-refractivity contribution in [1.82, 2.24) is 0 Å². The van der Waals surface area contributed by atoms with Crippen LogP contribution in [-0.2, 0) is 19.0 Å². The number of rotatable bonds is 9. The van der Waals surface area contributed by atoms with E-state index < -0.39 is 11.5 Å². The molecular weight excluding hydrogens is 222 g/mol. The van der Waals surface area contributed by atoms with Crippen molar-refractivity contribution in [1.29, 1.82) is 0 Å². The normalized spacial score (nSPS) is 14.7. The Morgan fingerprint density at radius 3 is 2.41 bits per heavy atom. The standard InChI is InChI=1S/C12H25NO4/c1-5-17-11(14)12(4,13)9-16-7-6-15-8-10(2)3/h10H,5-9,13H2,1-4H3. The molecule has 0 amide bonds. The average molecular weight is 247 g/mol. The fraction of sp³-hybridized carbons (Fsp3) is 0.917. The molecule has 1 unspecified atom stereocenters. The third kappa shape index (κ3) is 8.12. The Morgan fingerprint density at radius 2 is 1.88 bits per heavy atom. The Labute approximate surface area is 104 Å². The molecule has 5 nitrogen and oxygen atoms in total. The summed E-state index contributed by atoms with van der Waals surface area (Å²) in [5, 5.41) is 0. The SMILES string of the molecule is CCOC(=O)C(C)(N)COCCOCC(C)C. The van der Waals surface area contributed by atoms with Crippen molar-refractivity contribution >= 4 is 5.97 Å². The summed E-state index contributed by atoms with van der Waals surface area (Å²) in [5.41, 5.74) is 4.68. The highest BCUT2D eigenvalue weighted by Gasteiger charge is 2.30. The second kappa shape index (κ2) is 8.44. The molecule has 0 rings (SSSR count). The molecule has 0 saturated carbocycles. The van der Waals surface area contributed by atoms with Gasteiger partial charge in [0.15, 0.2) is 0 Å². The Balaban J connectivity index is 3.62. The molecule has 102 valence electrons. The summed E-state index contributed by atoms with van der Waals surface area (Å²) in [6, 6.07) is 0. The molecule has 0 aliphatic rings. The highest BCUT2D eigenvalue weighted by Crippen LogP contribution is 2.03. The van der Waals surface area contributed by atoms with Gasteiger partial charge in [-0.3, -0.25) is 0 Å². The monoisotopic (exact) mass is 247 g/mol. The molecule has 0 fully saturated rings. The van der Waals surface area contributed by atoms with Crippen molar-refractivity contribution in [2.75, 3.05) is 33.0 Å². The lowest BCUT2D eigenvalue weighted by Crippen LogP contribution is -2.50. The van der Waals surface area contributed by atoms with Crippen LogP contribution in [0, 0.1) is 5.92 Å². The first-order valence-electron chi connectivity index (χ1n) is 6.01. The van der Waals surface area contributed by atoms with E-state index in [1.165, 1.54) is 0 Å². The van der Waals surface area contributed by atoms with E-state index in [1.54, 1.807) is 13.8 Å². The Morgan fingerprint density at radius 1 is 1.29 bits per heavy atom. The molecule has 17 heavy (non-hydrogen) atoms. The minimum absolute atomic E-state index is 0.136. The van der Waals surface area contributed by atoms with Crippen molar-refractivity contribution in [3.05, 3.63) is 0 Å². The van der Waals surface area contributed by atoms with Crippen LogP contribution in [0.25, 0.3) is 0 Å². The van der Waals surface area contributed by atoms with Crippen LogP contribution in [0.4, 0.5) is 0 Å². The van der Waals surface area contributed by atoms with Crippen molar-refractivity contribution < 1.29 is 19.0 Å². The predicted molar refractivity (Wildman–Crippen MR) is 65.7 cm³/mol. The van der Waals surface area contributed by atoms with E-state index in [4.69, 9.17) is 19.9 Å². The summed E-state index contributed by atoms with van der Waals surface area (Å²) in [6.07, 6.45) is 0. The summed E-state index contributed by atoms with van der Waals surface area (Å²) in [6.45, 7) is 9.61. The summed E-state index contributed by atoms with van der Waals surface area (Å²) in [5.74, 6) is 0.0670. The van der Waals surface area contributed by atoms with Crippen LogP contribution < -0.4 is 5.73 Å². The van der Waals surface area contributed by atoms with E-state index in [0.29, 0.717) is 32.3 Å². The summed E-state index contributed by atoms with van der Waals surface area (Å²) < 4.78 is 15.5. The Bertz CT molecular complexity index is 217. The predicted octanol–water partition coefficient (Wildman–Crippen LogP) is 0.956. The van der Waals surface area contributed by atoms with Gasteiger partial charge in [0, 0.05) is 6.61 Å². The van der Waals surface area contributed by atoms with E-state index in [2.05, 4.69) is 13.8 Å². The summed E-state index contributed by atoms with van der Waals surface area (Å²) >= 11 is 0. The van der Waals surface area contributed by atoms with Gasteiger partial charge in [0.2, 0.25) is 0 Å². The van der Waals surface area contributed by atoms with E-state index in [0.717, 1.165) is 0 Å². The minimum atomic E-state index is -1.09. The molecule has 0 spiro atoms. The van der Waals surface area contributed by atoms with Crippen LogP contribution in [-0.4, -0.2) is 44.5 Å². The van der Waals surface area contributed by atoms with Gasteiger partial charge in [-0.15, -0.1) is 0 Å². The third-order valence-corrected chi connectivity index (χ3v) is 1.97. The molecule has 0 saturated heterocycles. The van der Waals surface area contributed by atoms with Gasteiger partial charge in [-0.2, -0.15) is 0 Å². The molecule has 0 bridgehead atoms. The van der Waals surface area contributed by atoms with Crippen LogP contribution in [0.2, 0.25) is 0 Å². The van der Waals surface area contributed by atoms with Gasteiger partial charge in [-0.05, 0) is 19.8 Å². The first-order valence-corrected chi connectivity index (χ1v) is 6.01. The fourth-order valence-corrected chi connectivity index (χ4v) is 1.08. The molecule has 0 radical (unpaired) electrons. The Hall–Kier alpha value is -0.650. The molecule has 0 aromatic carbocycles. The number of ether oxygens (including phenoxy) is 3. The van der Waals surface area contributed by atoms with Gasteiger partial charge in [-0.25, -0.2) is 4.79 Å². The number of esters is 1. The maximum Gasteiger partial charge on any atom is 0.328 e. The zero-order chi connectivity index (χ0) is 13.3. The van der Waals surface area contributed by atoms with E-state index in [1.807, 2.05) is 0 Å². The van der Waals surface area contributed by atoms with Crippen molar-refractivity contribution in [3.8, 4) is 0 Å². The number of nitrogens with two attached hydrogens (primary N) is 1. The number of carbonyl (C=O) groups excluding carboxylic acids is 1. The van der Waals surface area contributed by atoms with Crippen molar-refractivity contribution in [2.24, 2.45) is 11.7 Å². The zero-order valence-electron chi connectivity index (χ0n) is 11.3. The maximum absolute atomic E-state index is 11.4. The van der Waals surface area contributed by atoms with Crippen molar-refractivity contribution in [2.45, 2.75) is 33.2 Å². The fourth-order valence-electron chi connectivity index (χ4n) is 1.08. The molecule has 2 N–H and O–H groups in total. The Kier molecular flexibility index (Phi) is 8.12. The first kappa shape index (κ1) is 16.4. The van der Waals surface area contributed by atoms with Crippen LogP contribution in [0.15, 0.2) is 0 Å². The number of hydrogen-bond donors (Lipinski definition) is 1. The first-order chi connectivity index (χ1) is 7.90.